The Labute approximate surface area is 258 Å². The van der Waals surface area contributed by atoms with Crippen LogP contribution in [-0.4, -0.2) is 54.7 Å². The summed E-state index contributed by atoms with van der Waals surface area (Å²) < 4.78 is 46.5. The topological polar surface area (TPSA) is 90.9 Å². The van der Waals surface area contributed by atoms with Crippen molar-refractivity contribution in [1.82, 2.24) is 0 Å². The number of Topliss-reactive ketones (excluding diaryl/α,β-unsaturated/α-hetero) is 1. The maximum atomic E-state index is 14.8. The van der Waals surface area contributed by atoms with E-state index in [2.05, 4.69) is 0 Å². The zero-order chi connectivity index (χ0) is 31.5. The molecule has 9 nitrogen and oxygen atoms in total. The van der Waals surface area contributed by atoms with Gasteiger partial charge in [-0.25, -0.2) is 0 Å². The van der Waals surface area contributed by atoms with Gasteiger partial charge in [0, 0.05) is 31.9 Å². The highest BCUT2D eigenvalue weighted by Crippen LogP contribution is 2.48. The summed E-state index contributed by atoms with van der Waals surface area (Å²) in [5, 5.41) is 0. The monoisotopic (exact) mass is 602 g/mol. The number of ether oxygens (including phenoxy) is 8. The molecule has 0 saturated carbocycles. The molecule has 0 aliphatic rings. The number of hydrogen-bond acceptors (Lipinski definition) is 9. The lowest BCUT2D eigenvalue weighted by Crippen LogP contribution is -2.31. The molecule has 0 aliphatic heterocycles. The average molecular weight is 603 g/mol. The van der Waals surface area contributed by atoms with Gasteiger partial charge in [0.05, 0.1) is 28.4 Å². The van der Waals surface area contributed by atoms with E-state index < -0.39 is 18.0 Å². The zero-order valence-electron chi connectivity index (χ0n) is 25.8. The van der Waals surface area contributed by atoms with Crippen LogP contribution in [0.15, 0.2) is 84.9 Å². The second-order valence-electron chi connectivity index (χ2n) is 9.65. The first-order valence-corrected chi connectivity index (χ1v) is 13.9. The molecule has 0 amide bonds. The van der Waals surface area contributed by atoms with Gasteiger partial charge in [0.25, 0.3) is 0 Å². The van der Waals surface area contributed by atoms with E-state index in [1.54, 1.807) is 31.4 Å². The Hall–Kier alpha value is -4.73. The number of ketones is 1. The van der Waals surface area contributed by atoms with E-state index in [1.807, 2.05) is 60.7 Å². The third-order valence-corrected chi connectivity index (χ3v) is 7.09. The van der Waals surface area contributed by atoms with Crippen molar-refractivity contribution in [3.05, 3.63) is 107 Å². The van der Waals surface area contributed by atoms with Gasteiger partial charge in [0.15, 0.2) is 23.6 Å². The Morgan fingerprint density at radius 3 is 1.66 bits per heavy atom. The van der Waals surface area contributed by atoms with Gasteiger partial charge < -0.3 is 37.9 Å². The molecule has 4 aromatic rings. The van der Waals surface area contributed by atoms with Crippen molar-refractivity contribution in [2.75, 3.05) is 42.7 Å². The molecule has 44 heavy (non-hydrogen) atoms. The number of carbonyl (C=O) groups excluding carboxylic acids is 1. The van der Waals surface area contributed by atoms with Crippen molar-refractivity contribution in [3.63, 3.8) is 0 Å². The van der Waals surface area contributed by atoms with Crippen LogP contribution in [0.2, 0.25) is 0 Å². The van der Waals surface area contributed by atoms with Crippen LogP contribution in [0.1, 0.15) is 33.0 Å². The first-order chi connectivity index (χ1) is 21.5. The predicted molar refractivity (Wildman–Crippen MR) is 166 cm³/mol. The summed E-state index contributed by atoms with van der Waals surface area (Å²) in [5.41, 5.74) is 2.52. The molecule has 0 radical (unpaired) electrons. The van der Waals surface area contributed by atoms with Crippen molar-refractivity contribution in [1.29, 1.82) is 0 Å². The summed E-state index contributed by atoms with van der Waals surface area (Å²) >= 11 is 0. The van der Waals surface area contributed by atoms with Crippen LogP contribution in [0, 0.1) is 0 Å². The van der Waals surface area contributed by atoms with E-state index in [4.69, 9.17) is 37.9 Å². The van der Waals surface area contributed by atoms with Crippen LogP contribution in [0.5, 0.6) is 34.5 Å². The molecule has 0 aliphatic carbocycles. The normalized spacial score (nSPS) is 11.5. The minimum Gasteiger partial charge on any atom is -0.497 e. The molecule has 0 saturated heterocycles. The maximum absolute atomic E-state index is 14.8. The van der Waals surface area contributed by atoms with Gasteiger partial charge in [0.2, 0.25) is 5.75 Å². The summed E-state index contributed by atoms with van der Waals surface area (Å²) in [6.45, 7) is 0.441. The molecular weight excluding hydrogens is 564 g/mol. The Morgan fingerprint density at radius 1 is 0.591 bits per heavy atom. The van der Waals surface area contributed by atoms with Gasteiger partial charge in [-0.15, -0.1) is 0 Å². The van der Waals surface area contributed by atoms with E-state index in [1.165, 1.54) is 35.5 Å². The second-order valence-corrected chi connectivity index (χ2v) is 9.65. The zero-order valence-corrected chi connectivity index (χ0v) is 25.8. The molecular formula is C35H38O9. The van der Waals surface area contributed by atoms with Crippen molar-refractivity contribution in [2.45, 2.75) is 25.4 Å². The van der Waals surface area contributed by atoms with Crippen molar-refractivity contribution in [2.24, 2.45) is 0 Å². The average Bonchev–Trinajstić information content (AvgIpc) is 3.08. The number of rotatable bonds is 16. The van der Waals surface area contributed by atoms with Crippen LogP contribution >= 0.6 is 0 Å². The summed E-state index contributed by atoms with van der Waals surface area (Å²) in [6.07, 6.45) is -0.989. The Bertz CT molecular complexity index is 1500. The Kier molecular flexibility index (Phi) is 11.5. The molecule has 0 heterocycles. The van der Waals surface area contributed by atoms with Crippen molar-refractivity contribution in [3.8, 4) is 34.5 Å². The molecule has 1 unspecified atom stereocenters. The van der Waals surface area contributed by atoms with E-state index in [0.717, 1.165) is 11.1 Å². The van der Waals surface area contributed by atoms with Crippen molar-refractivity contribution >= 4 is 5.78 Å². The SMILES string of the molecule is COc1ccc(C(C(=O)c2c(OCc3ccccc3)cc(OCc3ccccc3)c(OC)c2OC)C(OC)OC)c(OC)c1. The Balaban J connectivity index is 1.89. The molecule has 0 bridgehead atoms. The third kappa shape index (κ3) is 7.24. The summed E-state index contributed by atoms with van der Waals surface area (Å²) in [4.78, 5) is 14.8. The highest BCUT2D eigenvalue weighted by Gasteiger charge is 2.38. The first-order valence-electron chi connectivity index (χ1n) is 13.9. The summed E-state index contributed by atoms with van der Waals surface area (Å²) in [6, 6.07) is 26.2. The lowest BCUT2D eigenvalue weighted by Gasteiger charge is -2.28. The summed E-state index contributed by atoms with van der Waals surface area (Å²) in [7, 11) is 8.96. The van der Waals surface area contributed by atoms with Crippen LogP contribution in [-0.2, 0) is 22.7 Å². The molecule has 0 aromatic heterocycles. The molecule has 0 N–H and O–H groups in total. The van der Waals surface area contributed by atoms with E-state index in [0.29, 0.717) is 22.8 Å². The van der Waals surface area contributed by atoms with Crippen LogP contribution in [0.25, 0.3) is 0 Å². The van der Waals surface area contributed by atoms with E-state index in [9.17, 15) is 4.79 Å². The highest BCUT2D eigenvalue weighted by molar-refractivity contribution is 6.07. The van der Waals surface area contributed by atoms with Crippen molar-refractivity contribution < 1.29 is 42.7 Å². The minimum absolute atomic E-state index is 0.134. The number of carbonyl (C=O) groups is 1. The number of hydrogen-bond donors (Lipinski definition) is 0. The fourth-order valence-electron chi connectivity index (χ4n) is 4.92. The van der Waals surface area contributed by atoms with E-state index in [-0.39, 0.29) is 36.0 Å². The molecule has 4 rings (SSSR count). The van der Waals surface area contributed by atoms with Gasteiger partial charge in [-0.2, -0.15) is 0 Å². The maximum Gasteiger partial charge on any atom is 0.204 e. The van der Waals surface area contributed by atoms with E-state index >= 15 is 0 Å². The van der Waals surface area contributed by atoms with Crippen LogP contribution in [0.3, 0.4) is 0 Å². The lowest BCUT2D eigenvalue weighted by atomic mass is 9.88. The van der Waals surface area contributed by atoms with Gasteiger partial charge in [0.1, 0.15) is 41.9 Å². The molecule has 4 aromatic carbocycles. The first kappa shape index (κ1) is 32.2. The fourth-order valence-corrected chi connectivity index (χ4v) is 4.92. The van der Waals surface area contributed by atoms with Gasteiger partial charge in [-0.05, 0) is 17.2 Å². The predicted octanol–water partition coefficient (Wildman–Crippen LogP) is 6.46. The lowest BCUT2D eigenvalue weighted by molar-refractivity contribution is -0.110. The van der Waals surface area contributed by atoms with Gasteiger partial charge >= 0.3 is 0 Å². The Morgan fingerprint density at radius 2 is 1.16 bits per heavy atom. The highest BCUT2D eigenvalue weighted by atomic mass is 16.7. The number of methoxy groups -OCH3 is 6. The standard InChI is InChI=1S/C35H38O9/c1-37-25-17-18-26(27(19-25)38-2)30(35(41-5)42-6)32(36)31-28(43-21-23-13-9-7-10-14-23)20-29(33(39-3)34(31)40-4)44-22-24-15-11-8-12-16-24/h7-20,30,35H,21-22H2,1-6H3. The third-order valence-electron chi connectivity index (χ3n) is 7.09. The minimum atomic E-state index is -1.00. The molecule has 0 fully saturated rings. The van der Waals surface area contributed by atoms with Crippen LogP contribution < -0.4 is 28.4 Å². The molecule has 232 valence electrons. The van der Waals surface area contributed by atoms with Gasteiger partial charge in [-0.3, -0.25) is 4.79 Å². The van der Waals surface area contributed by atoms with Crippen LogP contribution in [0.4, 0.5) is 0 Å². The molecule has 0 spiro atoms. The fraction of sp³-hybridized carbons (Fsp3) is 0.286. The second kappa shape index (κ2) is 15.7. The number of benzene rings is 4. The molecule has 1 atom stereocenters. The quantitative estimate of drug-likeness (QED) is 0.106. The van der Waals surface area contributed by atoms with Gasteiger partial charge in [-0.1, -0.05) is 66.7 Å². The smallest absolute Gasteiger partial charge is 0.204 e. The molecule has 9 heteroatoms. The summed E-state index contributed by atoms with van der Waals surface area (Å²) in [5.74, 6) is 0.552. The largest absolute Gasteiger partial charge is 0.497 e.